The maximum absolute atomic E-state index is 12.9. The standard InChI is InChI=1S/C22H31F3O5S/c1-13(26)29-15-8-10-20(2)14(12-15)4-5-16-17-6-7-19(21(17,3)11-9-18(16)20)30-31(27,28)22(23,24)25/h7,14-18H,4-6,8-12H2,1-3H3/t14-,15-,16+,17+,18+,20+,21+/m1/s1. The van der Waals surface area contributed by atoms with Gasteiger partial charge in [-0.15, -0.1) is 0 Å². The maximum Gasteiger partial charge on any atom is 0.534 e. The van der Waals surface area contributed by atoms with Gasteiger partial charge < -0.3 is 8.92 Å². The Morgan fingerprint density at radius 1 is 1.10 bits per heavy atom. The summed E-state index contributed by atoms with van der Waals surface area (Å²) in [4.78, 5) is 11.4. The van der Waals surface area contributed by atoms with Crippen molar-refractivity contribution in [2.24, 2.45) is 34.5 Å². The highest BCUT2D eigenvalue weighted by Gasteiger charge is 2.61. The number of alkyl halides is 3. The number of ether oxygens (including phenoxy) is 1. The van der Waals surface area contributed by atoms with Crippen LogP contribution in [0, 0.1) is 34.5 Å². The average Bonchev–Trinajstić information content (AvgIpc) is 2.96. The van der Waals surface area contributed by atoms with Crippen molar-refractivity contribution in [1.29, 1.82) is 0 Å². The maximum atomic E-state index is 12.9. The second-order valence-electron chi connectivity index (χ2n) is 10.4. The third-order valence-corrected chi connectivity index (χ3v) is 9.91. The first-order chi connectivity index (χ1) is 14.3. The molecule has 5 nitrogen and oxygen atoms in total. The van der Waals surface area contributed by atoms with Crippen LogP contribution in [0.4, 0.5) is 13.2 Å². The quantitative estimate of drug-likeness (QED) is 0.321. The number of allylic oxidation sites excluding steroid dienone is 2. The van der Waals surface area contributed by atoms with Crippen molar-refractivity contribution in [2.45, 2.75) is 83.8 Å². The van der Waals surface area contributed by atoms with Crippen LogP contribution >= 0.6 is 0 Å². The molecule has 0 bridgehead atoms. The molecular formula is C22H31F3O5S. The highest BCUT2D eigenvalue weighted by atomic mass is 32.2. The van der Waals surface area contributed by atoms with Crippen LogP contribution in [0.1, 0.15) is 72.1 Å². The molecule has 7 atom stereocenters. The zero-order valence-electron chi connectivity index (χ0n) is 18.2. The predicted molar refractivity (Wildman–Crippen MR) is 107 cm³/mol. The largest absolute Gasteiger partial charge is 0.534 e. The lowest BCUT2D eigenvalue weighted by atomic mass is 9.45. The van der Waals surface area contributed by atoms with E-state index < -0.39 is 21.0 Å². The number of hydrogen-bond donors (Lipinski definition) is 0. The van der Waals surface area contributed by atoms with Gasteiger partial charge in [0.25, 0.3) is 0 Å². The van der Waals surface area contributed by atoms with Gasteiger partial charge in [-0.1, -0.05) is 13.8 Å². The molecule has 0 aromatic carbocycles. The average molecular weight is 465 g/mol. The van der Waals surface area contributed by atoms with Gasteiger partial charge in [0.1, 0.15) is 11.9 Å². The highest BCUT2D eigenvalue weighted by molar-refractivity contribution is 7.87. The zero-order chi connectivity index (χ0) is 22.8. The fourth-order valence-corrected chi connectivity index (χ4v) is 7.97. The lowest BCUT2D eigenvalue weighted by Crippen LogP contribution is -2.54. The van der Waals surface area contributed by atoms with E-state index in [-0.39, 0.29) is 29.2 Å². The molecule has 0 amide bonds. The Morgan fingerprint density at radius 2 is 1.81 bits per heavy atom. The number of hydrogen-bond acceptors (Lipinski definition) is 5. The zero-order valence-corrected chi connectivity index (χ0v) is 19.0. The van der Waals surface area contributed by atoms with E-state index in [1.807, 2.05) is 6.92 Å². The van der Waals surface area contributed by atoms with E-state index in [0.717, 1.165) is 38.5 Å². The number of carbonyl (C=O) groups excluding carboxylic acids is 1. The summed E-state index contributed by atoms with van der Waals surface area (Å²) in [5.41, 5.74) is -5.99. The molecule has 0 N–H and O–H groups in total. The van der Waals surface area contributed by atoms with E-state index in [0.29, 0.717) is 30.6 Å². The summed E-state index contributed by atoms with van der Waals surface area (Å²) in [5.74, 6) is 1.06. The fraction of sp³-hybridized carbons (Fsp3) is 0.864. The van der Waals surface area contributed by atoms with Crippen LogP contribution in [-0.4, -0.2) is 26.0 Å². The first kappa shape index (κ1) is 22.9. The Balaban J connectivity index is 1.51. The second kappa shape index (κ2) is 7.39. The Morgan fingerprint density at radius 3 is 2.45 bits per heavy atom. The first-order valence-electron chi connectivity index (χ1n) is 11.2. The molecule has 0 spiro atoms. The van der Waals surface area contributed by atoms with Crippen LogP contribution in [0.3, 0.4) is 0 Å². The van der Waals surface area contributed by atoms with Gasteiger partial charge in [-0.3, -0.25) is 4.79 Å². The molecule has 0 saturated heterocycles. The first-order valence-corrected chi connectivity index (χ1v) is 12.6. The number of rotatable bonds is 3. The smallest absolute Gasteiger partial charge is 0.463 e. The van der Waals surface area contributed by atoms with E-state index in [4.69, 9.17) is 4.74 Å². The van der Waals surface area contributed by atoms with Crippen LogP contribution in [0.25, 0.3) is 0 Å². The second-order valence-corrected chi connectivity index (χ2v) is 11.9. The monoisotopic (exact) mass is 464 g/mol. The molecule has 31 heavy (non-hydrogen) atoms. The summed E-state index contributed by atoms with van der Waals surface area (Å²) in [5, 5.41) is 0. The van der Waals surface area contributed by atoms with Crippen molar-refractivity contribution >= 4 is 16.1 Å². The van der Waals surface area contributed by atoms with E-state index in [9.17, 15) is 26.4 Å². The summed E-state index contributed by atoms with van der Waals surface area (Å²) < 4.78 is 72.0. The summed E-state index contributed by atoms with van der Waals surface area (Å²) in [6, 6.07) is 0. The topological polar surface area (TPSA) is 69.7 Å². The Kier molecular flexibility index (Phi) is 5.46. The van der Waals surface area contributed by atoms with Gasteiger partial charge in [-0.05, 0) is 86.5 Å². The van der Waals surface area contributed by atoms with E-state index in [2.05, 4.69) is 11.1 Å². The lowest BCUT2D eigenvalue weighted by Gasteiger charge is -2.60. The van der Waals surface area contributed by atoms with Gasteiger partial charge in [-0.25, -0.2) is 0 Å². The van der Waals surface area contributed by atoms with Crippen LogP contribution < -0.4 is 0 Å². The minimum absolute atomic E-state index is 0.0262. The van der Waals surface area contributed by atoms with Gasteiger partial charge in [0.2, 0.25) is 0 Å². The minimum atomic E-state index is -5.66. The number of carbonyl (C=O) groups is 1. The summed E-state index contributed by atoms with van der Waals surface area (Å²) in [7, 11) is -5.66. The molecule has 0 aliphatic heterocycles. The molecule has 4 rings (SSSR count). The van der Waals surface area contributed by atoms with Crippen LogP contribution in [-0.2, 0) is 23.8 Å². The van der Waals surface area contributed by atoms with Crippen LogP contribution in [0.5, 0.6) is 0 Å². The van der Waals surface area contributed by atoms with Gasteiger partial charge in [0.15, 0.2) is 0 Å². The molecule has 9 heteroatoms. The van der Waals surface area contributed by atoms with E-state index in [1.165, 1.54) is 6.92 Å². The van der Waals surface area contributed by atoms with Gasteiger partial charge in [0.05, 0.1) is 0 Å². The molecule has 176 valence electrons. The lowest BCUT2D eigenvalue weighted by molar-refractivity contribution is -0.159. The normalized spacial score (nSPS) is 42.6. The predicted octanol–water partition coefficient (Wildman–Crippen LogP) is 5.32. The van der Waals surface area contributed by atoms with Crippen molar-refractivity contribution in [3.8, 4) is 0 Å². The minimum Gasteiger partial charge on any atom is -0.463 e. The molecule has 0 radical (unpaired) electrons. The van der Waals surface area contributed by atoms with Crippen molar-refractivity contribution in [1.82, 2.24) is 0 Å². The van der Waals surface area contributed by atoms with Crippen molar-refractivity contribution < 1.29 is 35.3 Å². The summed E-state index contributed by atoms with van der Waals surface area (Å²) in [6.07, 6.45) is 8.21. The van der Waals surface area contributed by atoms with E-state index >= 15 is 0 Å². The molecule has 3 fully saturated rings. The molecule has 0 unspecified atom stereocenters. The number of esters is 1. The summed E-state index contributed by atoms with van der Waals surface area (Å²) in [6.45, 7) is 5.64. The van der Waals surface area contributed by atoms with Gasteiger partial charge >= 0.3 is 21.6 Å². The highest BCUT2D eigenvalue weighted by Crippen LogP contribution is 2.66. The molecule has 4 aliphatic rings. The van der Waals surface area contributed by atoms with Crippen molar-refractivity contribution in [3.05, 3.63) is 11.8 Å². The summed E-state index contributed by atoms with van der Waals surface area (Å²) >= 11 is 0. The number of fused-ring (bicyclic) bond motifs is 5. The van der Waals surface area contributed by atoms with Crippen molar-refractivity contribution in [2.75, 3.05) is 0 Å². The third kappa shape index (κ3) is 3.68. The third-order valence-electron chi connectivity index (χ3n) is 8.94. The number of halogens is 3. The molecule has 4 aliphatic carbocycles. The molecular weight excluding hydrogens is 433 g/mol. The Labute approximate surface area is 181 Å². The molecule has 0 aromatic rings. The van der Waals surface area contributed by atoms with Crippen LogP contribution in [0.15, 0.2) is 11.8 Å². The van der Waals surface area contributed by atoms with Gasteiger partial charge in [-0.2, -0.15) is 21.6 Å². The van der Waals surface area contributed by atoms with Crippen molar-refractivity contribution in [3.63, 3.8) is 0 Å². The Bertz CT molecular complexity index is 882. The molecule has 0 heterocycles. The SMILES string of the molecule is CC(=O)O[C@@H]1CC[C@@]2(C)[C@H](CC[C@@H]3[C@@H]2CC[C@]2(C)C(OS(=O)(=O)C(F)(F)F)=CC[C@@H]32)C1. The fourth-order valence-electron chi connectivity index (χ4n) is 7.38. The van der Waals surface area contributed by atoms with Crippen LogP contribution in [0.2, 0.25) is 0 Å². The molecule has 0 aromatic heterocycles. The van der Waals surface area contributed by atoms with E-state index in [1.54, 1.807) is 6.08 Å². The Hall–Kier alpha value is -1.25. The molecule has 3 saturated carbocycles. The van der Waals surface area contributed by atoms with Gasteiger partial charge in [0, 0.05) is 12.3 Å².